The molecular weight excluding hydrogens is 244 g/mol. The van der Waals surface area contributed by atoms with Crippen molar-refractivity contribution in [1.29, 1.82) is 0 Å². The van der Waals surface area contributed by atoms with Gasteiger partial charge < -0.3 is 20.5 Å². The van der Waals surface area contributed by atoms with Gasteiger partial charge in [0.05, 0.1) is 6.10 Å². The number of hydrogen-bond donors (Lipinski definition) is 3. The minimum atomic E-state index is -0.545. The summed E-state index contributed by atoms with van der Waals surface area (Å²) in [6.45, 7) is 9.69. The largest absolute Gasteiger partial charge is 0.391 e. The molecule has 1 heterocycles. The smallest absolute Gasteiger partial charge is 0.315 e. The van der Waals surface area contributed by atoms with Gasteiger partial charge in [0.15, 0.2) is 0 Å². The number of hydrogen-bond acceptors (Lipinski definition) is 3. The second-order valence-electron chi connectivity index (χ2n) is 6.47. The lowest BCUT2D eigenvalue weighted by molar-refractivity contribution is 0.0558. The molecule has 0 aromatic rings. The van der Waals surface area contributed by atoms with E-state index in [4.69, 9.17) is 4.74 Å². The van der Waals surface area contributed by atoms with Crippen molar-refractivity contribution in [3.8, 4) is 0 Å². The average molecular weight is 272 g/mol. The standard InChI is InChI=1S/C14H28N2O3/c1-10(11-5-7-19-8-6-11)16-13(18)15-9-12(17)14(2,3)4/h10-12,17H,5-9H2,1-4H3,(H2,15,16,18). The van der Waals surface area contributed by atoms with Crippen molar-refractivity contribution in [2.45, 2.75) is 52.7 Å². The van der Waals surface area contributed by atoms with Crippen molar-refractivity contribution in [2.75, 3.05) is 19.8 Å². The average Bonchev–Trinajstić information content (AvgIpc) is 2.35. The lowest BCUT2D eigenvalue weighted by atomic mass is 9.89. The Labute approximate surface area is 116 Å². The third-order valence-corrected chi connectivity index (χ3v) is 3.79. The van der Waals surface area contributed by atoms with E-state index in [0.717, 1.165) is 26.1 Å². The van der Waals surface area contributed by atoms with Gasteiger partial charge in [0, 0.05) is 25.8 Å². The first-order valence-electron chi connectivity index (χ1n) is 7.11. The molecule has 5 nitrogen and oxygen atoms in total. The molecule has 2 unspecified atom stereocenters. The first-order valence-corrected chi connectivity index (χ1v) is 7.11. The summed E-state index contributed by atoms with van der Waals surface area (Å²) in [6.07, 6.45) is 1.44. The molecule has 0 saturated carbocycles. The van der Waals surface area contributed by atoms with Crippen LogP contribution in [0.25, 0.3) is 0 Å². The van der Waals surface area contributed by atoms with E-state index < -0.39 is 6.10 Å². The topological polar surface area (TPSA) is 70.6 Å². The van der Waals surface area contributed by atoms with E-state index in [1.54, 1.807) is 0 Å². The minimum Gasteiger partial charge on any atom is -0.391 e. The lowest BCUT2D eigenvalue weighted by Gasteiger charge is -2.29. The van der Waals surface area contributed by atoms with E-state index in [1.165, 1.54) is 0 Å². The molecule has 0 aromatic carbocycles. The molecule has 3 N–H and O–H groups in total. The normalized spacial score (nSPS) is 20.7. The predicted molar refractivity (Wildman–Crippen MR) is 75.0 cm³/mol. The van der Waals surface area contributed by atoms with Crippen LogP contribution in [0.5, 0.6) is 0 Å². The Morgan fingerprint density at radius 2 is 1.95 bits per heavy atom. The van der Waals surface area contributed by atoms with Crippen LogP contribution in [0.2, 0.25) is 0 Å². The van der Waals surface area contributed by atoms with Gasteiger partial charge in [-0.1, -0.05) is 20.8 Å². The van der Waals surface area contributed by atoms with Crippen LogP contribution in [0.3, 0.4) is 0 Å². The maximum absolute atomic E-state index is 11.8. The molecule has 1 aliphatic rings. The zero-order valence-corrected chi connectivity index (χ0v) is 12.5. The van der Waals surface area contributed by atoms with Crippen LogP contribution in [0.1, 0.15) is 40.5 Å². The molecule has 0 spiro atoms. The van der Waals surface area contributed by atoms with Gasteiger partial charge in [-0.05, 0) is 31.1 Å². The quantitative estimate of drug-likeness (QED) is 0.726. The van der Waals surface area contributed by atoms with Crippen molar-refractivity contribution in [3.63, 3.8) is 0 Å². The van der Waals surface area contributed by atoms with Crippen LogP contribution in [0.15, 0.2) is 0 Å². The van der Waals surface area contributed by atoms with Gasteiger partial charge >= 0.3 is 6.03 Å². The Morgan fingerprint density at radius 1 is 1.37 bits per heavy atom. The highest BCUT2D eigenvalue weighted by Crippen LogP contribution is 2.19. The van der Waals surface area contributed by atoms with E-state index in [9.17, 15) is 9.90 Å². The van der Waals surface area contributed by atoms with E-state index >= 15 is 0 Å². The number of nitrogens with one attached hydrogen (secondary N) is 2. The zero-order valence-electron chi connectivity index (χ0n) is 12.5. The predicted octanol–water partition coefficient (Wildman–Crippen LogP) is 1.51. The van der Waals surface area contributed by atoms with Gasteiger partial charge in [-0.15, -0.1) is 0 Å². The van der Waals surface area contributed by atoms with E-state index in [2.05, 4.69) is 10.6 Å². The Bertz CT molecular complexity index is 283. The molecule has 2 atom stereocenters. The molecule has 2 amide bonds. The number of rotatable bonds is 4. The van der Waals surface area contributed by atoms with Gasteiger partial charge in [-0.3, -0.25) is 0 Å². The highest BCUT2D eigenvalue weighted by molar-refractivity contribution is 5.74. The molecule has 19 heavy (non-hydrogen) atoms. The van der Waals surface area contributed by atoms with Crippen molar-refractivity contribution in [2.24, 2.45) is 11.3 Å². The molecule has 0 bridgehead atoms. The highest BCUT2D eigenvalue weighted by Gasteiger charge is 2.24. The zero-order chi connectivity index (χ0) is 14.5. The fraction of sp³-hybridized carbons (Fsp3) is 0.929. The first-order chi connectivity index (χ1) is 8.80. The van der Waals surface area contributed by atoms with Gasteiger partial charge in [0.1, 0.15) is 0 Å². The van der Waals surface area contributed by atoms with Crippen molar-refractivity contribution >= 4 is 6.03 Å². The van der Waals surface area contributed by atoms with Crippen LogP contribution >= 0.6 is 0 Å². The van der Waals surface area contributed by atoms with Gasteiger partial charge in [-0.2, -0.15) is 0 Å². The monoisotopic (exact) mass is 272 g/mol. The number of aliphatic hydroxyl groups is 1. The Morgan fingerprint density at radius 3 is 2.47 bits per heavy atom. The van der Waals surface area contributed by atoms with Crippen LogP contribution in [-0.2, 0) is 4.74 Å². The molecule has 1 rings (SSSR count). The molecule has 112 valence electrons. The highest BCUT2D eigenvalue weighted by atomic mass is 16.5. The summed E-state index contributed by atoms with van der Waals surface area (Å²) in [5, 5.41) is 15.5. The molecule has 0 radical (unpaired) electrons. The van der Waals surface area contributed by atoms with Gasteiger partial charge in [-0.25, -0.2) is 4.79 Å². The third-order valence-electron chi connectivity index (χ3n) is 3.79. The summed E-state index contributed by atoms with van der Waals surface area (Å²) in [7, 11) is 0. The Hall–Kier alpha value is -0.810. The number of carbonyl (C=O) groups excluding carboxylic acids is 1. The second-order valence-corrected chi connectivity index (χ2v) is 6.47. The van der Waals surface area contributed by atoms with Crippen molar-refractivity contribution in [3.05, 3.63) is 0 Å². The number of aliphatic hydroxyl groups excluding tert-OH is 1. The van der Waals surface area contributed by atoms with E-state index in [-0.39, 0.29) is 24.0 Å². The number of urea groups is 1. The Kier molecular flexibility index (Phi) is 6.07. The summed E-state index contributed by atoms with van der Waals surface area (Å²) >= 11 is 0. The molecular formula is C14H28N2O3. The fourth-order valence-electron chi connectivity index (χ4n) is 2.09. The molecule has 1 saturated heterocycles. The van der Waals surface area contributed by atoms with E-state index in [0.29, 0.717) is 5.92 Å². The summed E-state index contributed by atoms with van der Waals surface area (Å²) in [5.41, 5.74) is -0.223. The van der Waals surface area contributed by atoms with Crippen molar-refractivity contribution < 1.29 is 14.6 Å². The summed E-state index contributed by atoms with van der Waals surface area (Å²) in [5.74, 6) is 0.479. The SMILES string of the molecule is CC(NC(=O)NCC(O)C(C)(C)C)C1CCOCC1. The van der Waals surface area contributed by atoms with Gasteiger partial charge in [0.2, 0.25) is 0 Å². The van der Waals surface area contributed by atoms with Crippen LogP contribution < -0.4 is 10.6 Å². The minimum absolute atomic E-state index is 0.135. The van der Waals surface area contributed by atoms with Crippen LogP contribution in [0, 0.1) is 11.3 Å². The second kappa shape index (κ2) is 7.10. The van der Waals surface area contributed by atoms with Crippen molar-refractivity contribution in [1.82, 2.24) is 10.6 Å². The summed E-state index contributed by atoms with van der Waals surface area (Å²) in [6, 6.07) is -0.0713. The van der Waals surface area contributed by atoms with E-state index in [1.807, 2.05) is 27.7 Å². The third kappa shape index (κ3) is 5.78. The molecule has 0 aliphatic carbocycles. The summed E-state index contributed by atoms with van der Waals surface area (Å²) < 4.78 is 5.31. The first kappa shape index (κ1) is 16.2. The fourth-order valence-corrected chi connectivity index (χ4v) is 2.09. The van der Waals surface area contributed by atoms with Gasteiger partial charge in [0.25, 0.3) is 0 Å². The Balaban J connectivity index is 2.26. The number of amides is 2. The number of ether oxygens (including phenoxy) is 1. The molecule has 1 aliphatic heterocycles. The maximum atomic E-state index is 11.8. The van der Waals surface area contributed by atoms with Crippen LogP contribution in [-0.4, -0.2) is 43.0 Å². The lowest BCUT2D eigenvalue weighted by Crippen LogP contribution is -2.48. The molecule has 5 heteroatoms. The van der Waals surface area contributed by atoms with Crippen LogP contribution in [0.4, 0.5) is 4.79 Å². The number of carbonyl (C=O) groups is 1. The maximum Gasteiger partial charge on any atom is 0.315 e. The summed E-state index contributed by atoms with van der Waals surface area (Å²) in [4.78, 5) is 11.8. The molecule has 0 aromatic heterocycles. The molecule has 1 fully saturated rings.